The van der Waals surface area contributed by atoms with E-state index in [2.05, 4.69) is 12.1 Å². The normalized spacial score (nSPS) is 12.6. The summed E-state index contributed by atoms with van der Waals surface area (Å²) >= 11 is 0. The third-order valence-corrected chi connectivity index (χ3v) is 2.57. The lowest BCUT2D eigenvalue weighted by Crippen LogP contribution is -2.11. The van der Waals surface area contributed by atoms with Crippen molar-refractivity contribution in [2.45, 2.75) is 6.92 Å². The highest BCUT2D eigenvalue weighted by molar-refractivity contribution is 5.83. The SMILES string of the molecule is C[C@@H](CO)COc1ccc2ccccc2c1. The van der Waals surface area contributed by atoms with E-state index in [0.717, 1.165) is 5.75 Å². The number of hydrogen-bond acceptors (Lipinski definition) is 2. The largest absolute Gasteiger partial charge is 0.493 e. The maximum absolute atomic E-state index is 8.90. The van der Waals surface area contributed by atoms with E-state index in [-0.39, 0.29) is 12.5 Å². The number of aliphatic hydroxyl groups excluding tert-OH is 1. The number of fused-ring (bicyclic) bond motifs is 1. The summed E-state index contributed by atoms with van der Waals surface area (Å²) in [7, 11) is 0. The Labute approximate surface area is 95.5 Å². The van der Waals surface area contributed by atoms with E-state index in [1.165, 1.54) is 10.8 Å². The predicted molar refractivity (Wildman–Crippen MR) is 65.7 cm³/mol. The van der Waals surface area contributed by atoms with Crippen molar-refractivity contribution >= 4 is 10.8 Å². The molecular weight excluding hydrogens is 200 g/mol. The summed E-state index contributed by atoms with van der Waals surface area (Å²) in [5.41, 5.74) is 0. The van der Waals surface area contributed by atoms with Gasteiger partial charge in [-0.1, -0.05) is 37.3 Å². The molecule has 0 heterocycles. The van der Waals surface area contributed by atoms with Gasteiger partial charge in [0.1, 0.15) is 5.75 Å². The number of aliphatic hydroxyl groups is 1. The Morgan fingerprint density at radius 1 is 1.12 bits per heavy atom. The predicted octanol–water partition coefficient (Wildman–Crippen LogP) is 2.85. The van der Waals surface area contributed by atoms with Crippen molar-refractivity contribution in [2.75, 3.05) is 13.2 Å². The number of rotatable bonds is 4. The van der Waals surface area contributed by atoms with Crippen molar-refractivity contribution in [1.82, 2.24) is 0 Å². The highest BCUT2D eigenvalue weighted by Gasteiger charge is 2.01. The Balaban J connectivity index is 2.13. The lowest BCUT2D eigenvalue weighted by molar-refractivity contribution is 0.174. The van der Waals surface area contributed by atoms with Gasteiger partial charge in [0.2, 0.25) is 0 Å². The van der Waals surface area contributed by atoms with Gasteiger partial charge in [-0.25, -0.2) is 0 Å². The molecule has 1 atom stereocenters. The maximum atomic E-state index is 8.90. The van der Waals surface area contributed by atoms with Crippen molar-refractivity contribution in [2.24, 2.45) is 5.92 Å². The van der Waals surface area contributed by atoms with Crippen LogP contribution >= 0.6 is 0 Å². The third-order valence-electron chi connectivity index (χ3n) is 2.57. The van der Waals surface area contributed by atoms with E-state index in [4.69, 9.17) is 9.84 Å². The van der Waals surface area contributed by atoms with Gasteiger partial charge in [-0.3, -0.25) is 0 Å². The lowest BCUT2D eigenvalue weighted by Gasteiger charge is -2.10. The zero-order valence-electron chi connectivity index (χ0n) is 9.39. The van der Waals surface area contributed by atoms with E-state index < -0.39 is 0 Å². The molecule has 2 heteroatoms. The summed E-state index contributed by atoms with van der Waals surface area (Å²) in [5.74, 6) is 1.03. The first-order valence-corrected chi connectivity index (χ1v) is 5.52. The van der Waals surface area contributed by atoms with E-state index in [1.54, 1.807) is 0 Å². The molecule has 1 N–H and O–H groups in total. The fraction of sp³-hybridized carbons (Fsp3) is 0.286. The topological polar surface area (TPSA) is 29.5 Å². The quantitative estimate of drug-likeness (QED) is 0.851. The molecule has 84 valence electrons. The minimum atomic E-state index is 0.160. The summed E-state index contributed by atoms with van der Waals surface area (Å²) in [6, 6.07) is 14.2. The van der Waals surface area contributed by atoms with Crippen LogP contribution < -0.4 is 4.74 Å². The van der Waals surface area contributed by atoms with Crippen LogP contribution in [-0.2, 0) is 0 Å². The minimum Gasteiger partial charge on any atom is -0.493 e. The van der Waals surface area contributed by atoms with Crippen LogP contribution in [0.25, 0.3) is 10.8 Å². The highest BCUT2D eigenvalue weighted by atomic mass is 16.5. The van der Waals surface area contributed by atoms with Crippen molar-refractivity contribution in [3.8, 4) is 5.75 Å². The summed E-state index contributed by atoms with van der Waals surface area (Å²) in [6.07, 6.45) is 0. The molecule has 0 spiro atoms. The average molecular weight is 216 g/mol. The van der Waals surface area contributed by atoms with Gasteiger partial charge in [0.15, 0.2) is 0 Å². The number of ether oxygens (including phenoxy) is 1. The average Bonchev–Trinajstić information content (AvgIpc) is 2.35. The number of hydrogen-bond donors (Lipinski definition) is 1. The fourth-order valence-electron chi connectivity index (χ4n) is 1.55. The molecule has 0 saturated carbocycles. The van der Waals surface area contributed by atoms with Crippen LogP contribution in [0.1, 0.15) is 6.92 Å². The van der Waals surface area contributed by atoms with Gasteiger partial charge in [0.05, 0.1) is 6.61 Å². The van der Waals surface area contributed by atoms with Gasteiger partial charge in [-0.05, 0) is 22.9 Å². The first-order chi connectivity index (χ1) is 7.79. The molecular formula is C14H16O2. The first kappa shape index (κ1) is 11.0. The molecule has 2 aromatic carbocycles. The Hall–Kier alpha value is -1.54. The molecule has 0 aromatic heterocycles. The fourth-order valence-corrected chi connectivity index (χ4v) is 1.55. The Bertz CT molecular complexity index is 465. The summed E-state index contributed by atoms with van der Waals surface area (Å²) < 4.78 is 5.61. The van der Waals surface area contributed by atoms with E-state index >= 15 is 0 Å². The van der Waals surface area contributed by atoms with Gasteiger partial charge in [-0.2, -0.15) is 0 Å². The molecule has 0 fully saturated rings. The summed E-state index contributed by atoms with van der Waals surface area (Å²) in [6.45, 7) is 2.67. The third kappa shape index (κ3) is 2.52. The van der Waals surface area contributed by atoms with Crippen LogP contribution in [0.4, 0.5) is 0 Å². The minimum absolute atomic E-state index is 0.160. The van der Waals surface area contributed by atoms with Gasteiger partial charge >= 0.3 is 0 Å². The van der Waals surface area contributed by atoms with Gasteiger partial charge < -0.3 is 9.84 Å². The second-order valence-corrected chi connectivity index (χ2v) is 4.11. The molecule has 0 saturated heterocycles. The second-order valence-electron chi connectivity index (χ2n) is 4.11. The molecule has 2 nitrogen and oxygen atoms in total. The van der Waals surface area contributed by atoms with Gasteiger partial charge in [-0.15, -0.1) is 0 Å². The van der Waals surface area contributed by atoms with Crippen LogP contribution in [-0.4, -0.2) is 18.3 Å². The smallest absolute Gasteiger partial charge is 0.119 e. The van der Waals surface area contributed by atoms with Crippen molar-refractivity contribution < 1.29 is 9.84 Å². The van der Waals surface area contributed by atoms with Gasteiger partial charge in [0.25, 0.3) is 0 Å². The van der Waals surface area contributed by atoms with Crippen LogP contribution in [0.15, 0.2) is 42.5 Å². The molecule has 16 heavy (non-hydrogen) atoms. The molecule has 0 amide bonds. The molecule has 0 aliphatic carbocycles. The van der Waals surface area contributed by atoms with Crippen LogP contribution in [0.5, 0.6) is 5.75 Å². The van der Waals surface area contributed by atoms with Crippen LogP contribution in [0, 0.1) is 5.92 Å². The van der Waals surface area contributed by atoms with E-state index in [0.29, 0.717) is 6.61 Å². The monoisotopic (exact) mass is 216 g/mol. The molecule has 0 aliphatic heterocycles. The molecule has 0 bridgehead atoms. The molecule has 2 aromatic rings. The standard InChI is InChI=1S/C14H16O2/c1-11(9-15)10-16-14-7-6-12-4-2-3-5-13(12)8-14/h2-8,11,15H,9-10H2,1H3/t11-/m0/s1. The second kappa shape index (κ2) is 4.99. The highest BCUT2D eigenvalue weighted by Crippen LogP contribution is 2.20. The van der Waals surface area contributed by atoms with Crippen molar-refractivity contribution in [3.05, 3.63) is 42.5 Å². The number of benzene rings is 2. The van der Waals surface area contributed by atoms with Crippen molar-refractivity contribution in [3.63, 3.8) is 0 Å². The zero-order chi connectivity index (χ0) is 11.4. The zero-order valence-corrected chi connectivity index (χ0v) is 9.39. The van der Waals surface area contributed by atoms with E-state index in [1.807, 2.05) is 37.3 Å². The maximum Gasteiger partial charge on any atom is 0.119 e. The van der Waals surface area contributed by atoms with Gasteiger partial charge in [0, 0.05) is 12.5 Å². The van der Waals surface area contributed by atoms with Crippen LogP contribution in [0.2, 0.25) is 0 Å². The Kier molecular flexibility index (Phi) is 3.42. The Morgan fingerprint density at radius 3 is 2.62 bits per heavy atom. The molecule has 0 unspecified atom stereocenters. The Morgan fingerprint density at radius 2 is 1.88 bits per heavy atom. The van der Waals surface area contributed by atoms with E-state index in [9.17, 15) is 0 Å². The van der Waals surface area contributed by atoms with Crippen molar-refractivity contribution in [1.29, 1.82) is 0 Å². The lowest BCUT2D eigenvalue weighted by atomic mass is 10.1. The molecule has 0 radical (unpaired) electrons. The summed E-state index contributed by atoms with van der Waals surface area (Å²) in [5, 5.41) is 11.3. The molecule has 0 aliphatic rings. The first-order valence-electron chi connectivity index (χ1n) is 5.52. The summed E-state index contributed by atoms with van der Waals surface area (Å²) in [4.78, 5) is 0. The molecule has 2 rings (SSSR count). The van der Waals surface area contributed by atoms with Crippen LogP contribution in [0.3, 0.4) is 0 Å².